The van der Waals surface area contributed by atoms with Crippen LogP contribution >= 0.6 is 11.3 Å². The first-order chi connectivity index (χ1) is 10.7. The van der Waals surface area contributed by atoms with Gasteiger partial charge in [-0.2, -0.15) is 0 Å². The number of aryl methyl sites for hydroxylation is 1. The highest BCUT2D eigenvalue weighted by molar-refractivity contribution is 7.11. The van der Waals surface area contributed by atoms with E-state index < -0.39 is 0 Å². The molecule has 1 aromatic rings. The summed E-state index contributed by atoms with van der Waals surface area (Å²) in [5.41, 5.74) is 0. The molecule has 124 valence electrons. The van der Waals surface area contributed by atoms with Crippen LogP contribution in [0.4, 0.5) is 0 Å². The Bertz CT molecular complexity index is 469. The van der Waals surface area contributed by atoms with Crippen LogP contribution < -0.4 is 10.6 Å². The summed E-state index contributed by atoms with van der Waals surface area (Å²) < 4.78 is 0. The zero-order valence-electron chi connectivity index (χ0n) is 14.2. The summed E-state index contributed by atoms with van der Waals surface area (Å²) in [5, 5.41) is 6.88. The minimum Gasteiger partial charge on any atom is -0.357 e. The van der Waals surface area contributed by atoms with Crippen LogP contribution in [0.3, 0.4) is 0 Å². The van der Waals surface area contributed by atoms with Crippen LogP contribution in [0.25, 0.3) is 0 Å². The Labute approximate surface area is 139 Å². The van der Waals surface area contributed by atoms with Gasteiger partial charge in [0.05, 0.1) is 6.54 Å². The van der Waals surface area contributed by atoms with Gasteiger partial charge in [-0.3, -0.25) is 0 Å². The van der Waals surface area contributed by atoms with E-state index in [1.54, 1.807) is 0 Å². The largest absolute Gasteiger partial charge is 0.357 e. The van der Waals surface area contributed by atoms with Crippen LogP contribution in [-0.4, -0.2) is 43.6 Å². The number of piperidine rings is 1. The van der Waals surface area contributed by atoms with E-state index in [-0.39, 0.29) is 0 Å². The van der Waals surface area contributed by atoms with Gasteiger partial charge in [-0.15, -0.1) is 11.3 Å². The van der Waals surface area contributed by atoms with Crippen molar-refractivity contribution >= 4 is 17.3 Å². The summed E-state index contributed by atoms with van der Waals surface area (Å²) in [5.74, 6) is 1.68. The third kappa shape index (κ3) is 5.61. The minimum absolute atomic E-state index is 0.738. The molecule has 0 saturated carbocycles. The Morgan fingerprint density at radius 3 is 2.91 bits per heavy atom. The molecule has 0 spiro atoms. The van der Waals surface area contributed by atoms with Gasteiger partial charge >= 0.3 is 0 Å². The average molecular weight is 323 g/mol. The first kappa shape index (κ1) is 17.3. The van der Waals surface area contributed by atoms with Gasteiger partial charge in [-0.1, -0.05) is 6.92 Å². The van der Waals surface area contributed by atoms with E-state index in [0.717, 1.165) is 31.5 Å². The molecule has 1 unspecified atom stereocenters. The normalized spacial score (nSPS) is 20.1. The van der Waals surface area contributed by atoms with Crippen LogP contribution in [0.2, 0.25) is 0 Å². The smallest absolute Gasteiger partial charge is 0.191 e. The molecule has 1 aromatic heterocycles. The first-order valence-corrected chi connectivity index (χ1v) is 9.32. The molecule has 0 aliphatic carbocycles. The summed E-state index contributed by atoms with van der Waals surface area (Å²) in [6.45, 7) is 12.8. The van der Waals surface area contributed by atoms with E-state index in [1.807, 2.05) is 11.3 Å². The van der Waals surface area contributed by atoms with Gasteiger partial charge in [0.1, 0.15) is 0 Å². The van der Waals surface area contributed by atoms with Crippen molar-refractivity contribution in [3.63, 3.8) is 0 Å². The molecule has 1 aliphatic rings. The fourth-order valence-electron chi connectivity index (χ4n) is 2.91. The van der Waals surface area contributed by atoms with E-state index in [1.165, 1.54) is 42.2 Å². The summed E-state index contributed by atoms with van der Waals surface area (Å²) in [6.07, 6.45) is 2.65. The Hall–Kier alpha value is -1.07. The summed E-state index contributed by atoms with van der Waals surface area (Å²) in [4.78, 5) is 9.94. The molecule has 0 radical (unpaired) electrons. The molecular weight excluding hydrogens is 292 g/mol. The lowest BCUT2D eigenvalue weighted by molar-refractivity contribution is 0.183. The maximum Gasteiger partial charge on any atom is 0.191 e. The fraction of sp³-hybridized carbons (Fsp3) is 0.706. The molecule has 1 atom stereocenters. The standard InChI is InChI=1S/C17H30N4S/c1-4-18-17(20-12-16-9-8-14(3)22-16)19-11-15-7-6-10-21(5-2)13-15/h8-9,15H,4-7,10-13H2,1-3H3,(H2,18,19,20). The van der Waals surface area contributed by atoms with Crippen molar-refractivity contribution in [2.45, 2.75) is 40.2 Å². The van der Waals surface area contributed by atoms with Crippen LogP contribution in [0.1, 0.15) is 36.4 Å². The predicted molar refractivity (Wildman–Crippen MR) is 96.7 cm³/mol. The molecule has 0 bridgehead atoms. The van der Waals surface area contributed by atoms with E-state index in [9.17, 15) is 0 Å². The van der Waals surface area contributed by atoms with Crippen molar-refractivity contribution in [1.82, 2.24) is 15.5 Å². The van der Waals surface area contributed by atoms with Crippen LogP contribution in [0.5, 0.6) is 0 Å². The van der Waals surface area contributed by atoms with Crippen molar-refractivity contribution < 1.29 is 0 Å². The quantitative estimate of drug-likeness (QED) is 0.625. The summed E-state index contributed by atoms with van der Waals surface area (Å²) in [6, 6.07) is 4.34. The van der Waals surface area contributed by atoms with E-state index in [2.05, 4.69) is 48.4 Å². The lowest BCUT2D eigenvalue weighted by Gasteiger charge is -2.32. The van der Waals surface area contributed by atoms with Gasteiger partial charge in [0.2, 0.25) is 0 Å². The molecule has 0 amide bonds. The highest BCUT2D eigenvalue weighted by Gasteiger charge is 2.18. The Balaban J connectivity index is 1.82. The molecule has 22 heavy (non-hydrogen) atoms. The lowest BCUT2D eigenvalue weighted by atomic mass is 9.98. The molecule has 1 aliphatic heterocycles. The van der Waals surface area contributed by atoms with Gasteiger partial charge in [0.25, 0.3) is 0 Å². The topological polar surface area (TPSA) is 39.7 Å². The molecule has 4 nitrogen and oxygen atoms in total. The number of hydrogen-bond acceptors (Lipinski definition) is 3. The first-order valence-electron chi connectivity index (χ1n) is 8.51. The maximum absolute atomic E-state index is 4.71. The number of hydrogen-bond donors (Lipinski definition) is 2. The van der Waals surface area contributed by atoms with Crippen molar-refractivity contribution in [3.05, 3.63) is 21.9 Å². The third-order valence-corrected chi connectivity index (χ3v) is 5.13. The minimum atomic E-state index is 0.738. The van der Waals surface area contributed by atoms with Crippen LogP contribution in [0.15, 0.2) is 17.1 Å². The summed E-state index contributed by atoms with van der Waals surface area (Å²) >= 11 is 1.83. The van der Waals surface area contributed by atoms with Gasteiger partial charge in [-0.25, -0.2) is 4.99 Å². The van der Waals surface area contributed by atoms with Crippen LogP contribution in [-0.2, 0) is 6.54 Å². The SMILES string of the molecule is CCNC(=NCc1ccc(C)s1)NCC1CCCN(CC)C1. The maximum atomic E-state index is 4.71. The van der Waals surface area contributed by atoms with E-state index in [0.29, 0.717) is 0 Å². The van der Waals surface area contributed by atoms with Crippen molar-refractivity contribution in [2.24, 2.45) is 10.9 Å². The van der Waals surface area contributed by atoms with Crippen LogP contribution in [0, 0.1) is 12.8 Å². The van der Waals surface area contributed by atoms with Gasteiger partial charge < -0.3 is 15.5 Å². The number of rotatable bonds is 6. The van der Waals surface area contributed by atoms with Gasteiger partial charge in [-0.05, 0) is 57.8 Å². The monoisotopic (exact) mass is 322 g/mol. The molecule has 1 saturated heterocycles. The van der Waals surface area contributed by atoms with Crippen molar-refractivity contribution in [3.8, 4) is 0 Å². The lowest BCUT2D eigenvalue weighted by Crippen LogP contribution is -2.44. The Morgan fingerprint density at radius 2 is 2.23 bits per heavy atom. The second-order valence-electron chi connectivity index (χ2n) is 5.99. The van der Waals surface area contributed by atoms with E-state index in [4.69, 9.17) is 4.99 Å². The van der Waals surface area contributed by atoms with E-state index >= 15 is 0 Å². The number of nitrogens with one attached hydrogen (secondary N) is 2. The van der Waals surface area contributed by atoms with Gasteiger partial charge in [0.15, 0.2) is 5.96 Å². The molecule has 2 N–H and O–H groups in total. The highest BCUT2D eigenvalue weighted by atomic mass is 32.1. The van der Waals surface area contributed by atoms with Crippen molar-refractivity contribution in [2.75, 3.05) is 32.7 Å². The number of guanidine groups is 1. The molecule has 1 fully saturated rings. The Morgan fingerprint density at radius 1 is 1.36 bits per heavy atom. The zero-order valence-corrected chi connectivity index (χ0v) is 15.0. The molecule has 2 rings (SSSR count). The number of likely N-dealkylation sites (tertiary alicyclic amines) is 1. The second-order valence-corrected chi connectivity index (χ2v) is 7.36. The zero-order chi connectivity index (χ0) is 15.8. The second kappa shape index (κ2) is 9.16. The summed E-state index contributed by atoms with van der Waals surface area (Å²) in [7, 11) is 0. The number of nitrogens with zero attached hydrogens (tertiary/aromatic N) is 2. The number of aliphatic imine (C=N–C) groups is 1. The molecule has 2 heterocycles. The molecule has 5 heteroatoms. The van der Waals surface area contributed by atoms with Crippen molar-refractivity contribution in [1.29, 1.82) is 0 Å². The highest BCUT2D eigenvalue weighted by Crippen LogP contribution is 2.16. The number of thiophene rings is 1. The predicted octanol–water partition coefficient (Wildman–Crippen LogP) is 2.84. The fourth-order valence-corrected chi connectivity index (χ4v) is 3.73. The molecular formula is C17H30N4S. The van der Waals surface area contributed by atoms with Gasteiger partial charge in [0, 0.05) is 29.4 Å². The average Bonchev–Trinajstić information content (AvgIpc) is 2.96. The Kier molecular flexibility index (Phi) is 7.19. The molecule has 0 aromatic carbocycles. The third-order valence-electron chi connectivity index (χ3n) is 4.14.